The third-order valence-corrected chi connectivity index (χ3v) is 7.70. The molecule has 37 heavy (non-hydrogen) atoms. The molecule has 0 unspecified atom stereocenters. The molecule has 0 aromatic heterocycles. The van der Waals surface area contributed by atoms with Crippen LogP contribution in [0.3, 0.4) is 0 Å². The number of ketones is 1. The minimum absolute atomic E-state index is 0.00651. The summed E-state index contributed by atoms with van der Waals surface area (Å²) < 4.78 is 16.2. The molecule has 0 fully saturated rings. The highest BCUT2D eigenvalue weighted by atomic mass is 32.2. The van der Waals surface area contributed by atoms with Crippen LogP contribution in [-0.4, -0.2) is 49.2 Å². The quantitative estimate of drug-likeness (QED) is 0.348. The van der Waals surface area contributed by atoms with E-state index in [0.29, 0.717) is 47.6 Å². The van der Waals surface area contributed by atoms with E-state index in [1.807, 2.05) is 31.2 Å². The van der Waals surface area contributed by atoms with Crippen LogP contribution in [0.1, 0.15) is 49.7 Å². The highest BCUT2D eigenvalue weighted by Crippen LogP contribution is 2.47. The van der Waals surface area contributed by atoms with Gasteiger partial charge in [0.25, 0.3) is 0 Å². The van der Waals surface area contributed by atoms with Gasteiger partial charge in [0.15, 0.2) is 17.3 Å². The number of allylic oxidation sites excluding steroid dienone is 3. The highest BCUT2D eigenvalue weighted by Gasteiger charge is 2.41. The number of ether oxygens (including phenoxy) is 3. The molecule has 196 valence electrons. The van der Waals surface area contributed by atoms with E-state index < -0.39 is 11.9 Å². The lowest BCUT2D eigenvalue weighted by atomic mass is 9.71. The average molecular weight is 524 g/mol. The largest absolute Gasteiger partial charge is 0.504 e. The summed E-state index contributed by atoms with van der Waals surface area (Å²) in [4.78, 5) is 27.1. The fourth-order valence-electron chi connectivity index (χ4n) is 5.04. The zero-order valence-electron chi connectivity index (χ0n) is 21.6. The van der Waals surface area contributed by atoms with Crippen molar-refractivity contribution in [3.05, 3.63) is 76.1 Å². The molecule has 1 aliphatic heterocycles. The molecule has 2 N–H and O–H groups in total. The van der Waals surface area contributed by atoms with Gasteiger partial charge in [-0.15, -0.1) is 0 Å². The van der Waals surface area contributed by atoms with Gasteiger partial charge in [-0.3, -0.25) is 4.79 Å². The lowest BCUT2D eigenvalue weighted by molar-refractivity contribution is -0.138. The molecular formula is C29H33NO6S. The van der Waals surface area contributed by atoms with Gasteiger partial charge in [0.2, 0.25) is 0 Å². The molecule has 2 aliphatic rings. The molecule has 1 aliphatic carbocycles. The molecule has 0 amide bonds. The minimum atomic E-state index is -0.624. The van der Waals surface area contributed by atoms with Crippen LogP contribution in [0.5, 0.6) is 17.2 Å². The first-order valence-electron chi connectivity index (χ1n) is 12.4. The Morgan fingerprint density at radius 3 is 2.49 bits per heavy atom. The maximum atomic E-state index is 13.7. The number of thioether (sulfide) groups is 1. The van der Waals surface area contributed by atoms with Gasteiger partial charge >= 0.3 is 5.97 Å². The van der Waals surface area contributed by atoms with E-state index in [2.05, 4.69) is 12.2 Å². The fraction of sp³-hybridized carbons (Fsp3) is 0.379. The number of phenolic OH excluding ortho intramolecular Hbond substituents is 1. The van der Waals surface area contributed by atoms with E-state index in [1.54, 1.807) is 31.0 Å². The number of nitrogens with one attached hydrogen (secondary N) is 1. The number of phenols is 1. The summed E-state index contributed by atoms with van der Waals surface area (Å²) in [6, 6.07) is 12.7. The first kappa shape index (κ1) is 26.7. The van der Waals surface area contributed by atoms with Crippen LogP contribution in [0.15, 0.2) is 65.0 Å². The van der Waals surface area contributed by atoms with Crippen molar-refractivity contribution in [3.8, 4) is 17.2 Å². The maximum Gasteiger partial charge on any atom is 0.336 e. The summed E-state index contributed by atoms with van der Waals surface area (Å²) in [6.45, 7) is 4.19. The van der Waals surface area contributed by atoms with Crippen molar-refractivity contribution in [2.75, 3.05) is 32.3 Å². The topological polar surface area (TPSA) is 94.1 Å². The predicted octanol–water partition coefficient (Wildman–Crippen LogP) is 5.07. The number of aromatic hydroxyl groups is 1. The monoisotopic (exact) mass is 523 g/mol. The Balaban J connectivity index is 1.73. The number of methoxy groups -OCH3 is 2. The van der Waals surface area contributed by atoms with Gasteiger partial charge in [0, 0.05) is 35.1 Å². The molecule has 2 aromatic rings. The first-order valence-corrected chi connectivity index (χ1v) is 13.5. The Morgan fingerprint density at radius 1 is 1.08 bits per heavy atom. The summed E-state index contributed by atoms with van der Waals surface area (Å²) in [5, 5.41) is 13.5. The van der Waals surface area contributed by atoms with Gasteiger partial charge in [-0.1, -0.05) is 25.1 Å². The fourth-order valence-corrected chi connectivity index (χ4v) is 5.53. The van der Waals surface area contributed by atoms with Crippen LogP contribution in [-0.2, 0) is 14.3 Å². The van der Waals surface area contributed by atoms with Crippen molar-refractivity contribution >= 4 is 23.5 Å². The average Bonchev–Trinajstić information content (AvgIpc) is 2.90. The SMILES string of the molecule is CCSCCOC(=O)C1=C(C)NC2=C(C(=O)C[C@@H](c3ccc(OC)cc3)C2)[C@@H]1c1ccc(O)c(OC)c1. The molecule has 0 radical (unpaired) electrons. The number of esters is 1. The minimum Gasteiger partial charge on any atom is -0.504 e. The van der Waals surface area contributed by atoms with Crippen LogP contribution < -0.4 is 14.8 Å². The third kappa shape index (κ3) is 5.64. The van der Waals surface area contributed by atoms with Crippen LogP contribution in [0.4, 0.5) is 0 Å². The Bertz CT molecular complexity index is 1230. The Hall–Kier alpha value is -3.39. The number of carbonyl (C=O) groups excluding carboxylic acids is 2. The van der Waals surface area contributed by atoms with E-state index >= 15 is 0 Å². The first-order chi connectivity index (χ1) is 17.9. The molecule has 8 heteroatoms. The van der Waals surface area contributed by atoms with E-state index in [9.17, 15) is 14.7 Å². The Labute approximate surface area is 221 Å². The van der Waals surface area contributed by atoms with Gasteiger partial charge in [-0.2, -0.15) is 11.8 Å². The second kappa shape index (κ2) is 11.8. The number of benzene rings is 2. The number of rotatable bonds is 9. The number of hydrogen-bond acceptors (Lipinski definition) is 8. The molecule has 1 heterocycles. The summed E-state index contributed by atoms with van der Waals surface area (Å²) in [6.07, 6.45) is 0.957. The van der Waals surface area contributed by atoms with Crippen LogP contribution in [0.2, 0.25) is 0 Å². The third-order valence-electron chi connectivity index (χ3n) is 6.84. The Morgan fingerprint density at radius 2 is 1.81 bits per heavy atom. The summed E-state index contributed by atoms with van der Waals surface area (Å²) >= 11 is 1.70. The van der Waals surface area contributed by atoms with Crippen molar-refractivity contribution in [1.82, 2.24) is 5.32 Å². The van der Waals surface area contributed by atoms with Crippen molar-refractivity contribution in [3.63, 3.8) is 0 Å². The predicted molar refractivity (Wildman–Crippen MR) is 144 cm³/mol. The standard InChI is InChI=1S/C29H33NO6S/c1-5-37-13-12-36-29(33)26-17(2)30-22-14-20(18-6-9-21(34-3)10-7-18)15-24(32)28(22)27(26)19-8-11-23(31)25(16-19)35-4/h6-11,16,20,27,30-31H,5,12-15H2,1-4H3/t20-,27+/m0/s1. The molecule has 0 saturated carbocycles. The number of hydrogen-bond donors (Lipinski definition) is 2. The van der Waals surface area contributed by atoms with Crippen LogP contribution in [0, 0.1) is 0 Å². The normalized spacial score (nSPS) is 19.3. The summed E-state index contributed by atoms with van der Waals surface area (Å²) in [7, 11) is 3.10. The second-order valence-electron chi connectivity index (χ2n) is 9.05. The van der Waals surface area contributed by atoms with Gasteiger partial charge in [-0.25, -0.2) is 4.79 Å². The molecule has 0 bridgehead atoms. The lowest BCUT2D eigenvalue weighted by Gasteiger charge is -2.36. The van der Waals surface area contributed by atoms with Crippen molar-refractivity contribution in [2.24, 2.45) is 0 Å². The number of Topliss-reactive ketones (excluding diaryl/α,β-unsaturated/α-hetero) is 1. The molecular weight excluding hydrogens is 490 g/mol. The molecule has 0 spiro atoms. The number of dihydropyridines is 1. The summed E-state index contributed by atoms with van der Waals surface area (Å²) in [5.41, 5.74) is 4.19. The molecule has 4 rings (SSSR count). The molecule has 2 atom stereocenters. The van der Waals surface area contributed by atoms with Crippen molar-refractivity contribution < 1.29 is 28.9 Å². The zero-order chi connectivity index (χ0) is 26.5. The van der Waals surface area contributed by atoms with Crippen molar-refractivity contribution in [2.45, 2.75) is 38.5 Å². The van der Waals surface area contributed by atoms with Gasteiger partial charge < -0.3 is 24.6 Å². The van der Waals surface area contributed by atoms with Crippen LogP contribution >= 0.6 is 11.8 Å². The number of carbonyl (C=O) groups is 2. The zero-order valence-corrected chi connectivity index (χ0v) is 22.4. The van der Waals surface area contributed by atoms with E-state index in [1.165, 1.54) is 13.2 Å². The van der Waals surface area contributed by atoms with E-state index in [4.69, 9.17) is 14.2 Å². The Kier molecular flexibility index (Phi) is 8.48. The van der Waals surface area contributed by atoms with Gasteiger partial charge in [0.05, 0.1) is 19.8 Å². The smallest absolute Gasteiger partial charge is 0.336 e. The highest BCUT2D eigenvalue weighted by molar-refractivity contribution is 7.99. The molecule has 0 saturated heterocycles. The second-order valence-corrected chi connectivity index (χ2v) is 10.4. The van der Waals surface area contributed by atoms with Gasteiger partial charge in [-0.05, 0) is 60.4 Å². The molecule has 2 aromatic carbocycles. The van der Waals surface area contributed by atoms with E-state index in [-0.39, 0.29) is 23.2 Å². The van der Waals surface area contributed by atoms with Gasteiger partial charge in [0.1, 0.15) is 12.4 Å². The van der Waals surface area contributed by atoms with Crippen molar-refractivity contribution in [1.29, 1.82) is 0 Å². The summed E-state index contributed by atoms with van der Waals surface area (Å²) in [5.74, 6) is 1.59. The molecule has 7 nitrogen and oxygen atoms in total. The maximum absolute atomic E-state index is 13.7. The van der Waals surface area contributed by atoms with E-state index in [0.717, 1.165) is 22.8 Å². The van der Waals surface area contributed by atoms with Crippen LogP contribution in [0.25, 0.3) is 0 Å². The lowest BCUT2D eigenvalue weighted by Crippen LogP contribution is -2.36.